The second-order valence-corrected chi connectivity index (χ2v) is 5.08. The van der Waals surface area contributed by atoms with Crippen LogP contribution >= 0.6 is 0 Å². The summed E-state index contributed by atoms with van der Waals surface area (Å²) in [5.74, 6) is 5.72. The van der Waals surface area contributed by atoms with Gasteiger partial charge < -0.3 is 5.11 Å². The summed E-state index contributed by atoms with van der Waals surface area (Å²) in [5.41, 5.74) is 2.67. The molecule has 0 unspecified atom stereocenters. The quantitative estimate of drug-likeness (QED) is 0.800. The maximum atomic E-state index is 9.56. The summed E-state index contributed by atoms with van der Waals surface area (Å²) in [4.78, 5) is 0. The first-order valence-corrected chi connectivity index (χ1v) is 6.34. The van der Waals surface area contributed by atoms with Gasteiger partial charge in [-0.05, 0) is 49.2 Å². The molecule has 0 aliphatic carbocycles. The molecule has 2 aromatic carbocycles. The molecule has 0 saturated carbocycles. The SMILES string of the molecule is CC(C)(O)C#Cc1ccc(-c2ccc(C#N)cc2)cc1. The molecule has 0 heterocycles. The number of nitrogens with zero attached hydrogens (tertiary/aromatic N) is 1. The van der Waals surface area contributed by atoms with E-state index in [1.165, 1.54) is 0 Å². The zero-order valence-electron chi connectivity index (χ0n) is 11.5. The van der Waals surface area contributed by atoms with E-state index >= 15 is 0 Å². The molecule has 0 atom stereocenters. The summed E-state index contributed by atoms with van der Waals surface area (Å²) < 4.78 is 0. The Hall–Kier alpha value is -2.55. The molecule has 0 bridgehead atoms. The third-order valence-corrected chi connectivity index (χ3v) is 2.74. The molecule has 0 spiro atoms. The lowest BCUT2D eigenvalue weighted by Gasteiger charge is -2.06. The van der Waals surface area contributed by atoms with E-state index in [4.69, 9.17) is 5.26 Å². The minimum Gasteiger partial charge on any atom is -0.378 e. The number of nitriles is 1. The Balaban J connectivity index is 2.23. The minimum atomic E-state index is -0.980. The van der Waals surface area contributed by atoms with Crippen molar-refractivity contribution in [2.75, 3.05) is 0 Å². The van der Waals surface area contributed by atoms with Crippen LogP contribution in [0.3, 0.4) is 0 Å². The molecular weight excluding hydrogens is 246 g/mol. The third kappa shape index (κ3) is 3.72. The molecule has 0 aliphatic rings. The van der Waals surface area contributed by atoms with Crippen LogP contribution < -0.4 is 0 Å². The highest BCUT2D eigenvalue weighted by Gasteiger charge is 2.05. The van der Waals surface area contributed by atoms with Gasteiger partial charge in [0.1, 0.15) is 5.60 Å². The molecule has 2 heteroatoms. The van der Waals surface area contributed by atoms with E-state index in [9.17, 15) is 5.11 Å². The van der Waals surface area contributed by atoms with Gasteiger partial charge in [-0.15, -0.1) is 0 Å². The Morgan fingerprint density at radius 1 is 0.850 bits per heavy atom. The van der Waals surface area contributed by atoms with Crippen molar-refractivity contribution in [1.29, 1.82) is 5.26 Å². The summed E-state index contributed by atoms with van der Waals surface area (Å²) >= 11 is 0. The monoisotopic (exact) mass is 261 g/mol. The highest BCUT2D eigenvalue weighted by atomic mass is 16.3. The lowest BCUT2D eigenvalue weighted by Crippen LogP contribution is -2.14. The van der Waals surface area contributed by atoms with Crippen LogP contribution in [0.1, 0.15) is 25.0 Å². The largest absolute Gasteiger partial charge is 0.378 e. The average molecular weight is 261 g/mol. The number of hydrogen-bond acceptors (Lipinski definition) is 2. The van der Waals surface area contributed by atoms with Crippen LogP contribution in [-0.4, -0.2) is 10.7 Å². The molecule has 20 heavy (non-hydrogen) atoms. The van der Waals surface area contributed by atoms with Crippen LogP contribution in [0, 0.1) is 23.2 Å². The maximum Gasteiger partial charge on any atom is 0.120 e. The van der Waals surface area contributed by atoms with Crippen LogP contribution in [0.15, 0.2) is 48.5 Å². The van der Waals surface area contributed by atoms with Gasteiger partial charge in [-0.25, -0.2) is 0 Å². The summed E-state index contributed by atoms with van der Waals surface area (Å²) in [6.07, 6.45) is 0. The summed E-state index contributed by atoms with van der Waals surface area (Å²) in [6, 6.07) is 17.4. The van der Waals surface area contributed by atoms with Crippen LogP contribution in [0.25, 0.3) is 11.1 Å². The molecule has 0 amide bonds. The highest BCUT2D eigenvalue weighted by molar-refractivity contribution is 5.65. The minimum absolute atomic E-state index is 0.654. The molecule has 0 saturated heterocycles. The molecular formula is C18H15NO. The van der Waals surface area contributed by atoms with Crippen molar-refractivity contribution in [3.8, 4) is 29.0 Å². The summed E-state index contributed by atoms with van der Waals surface area (Å²) in [7, 11) is 0. The first-order chi connectivity index (χ1) is 9.48. The third-order valence-electron chi connectivity index (χ3n) is 2.74. The van der Waals surface area contributed by atoms with Gasteiger partial charge in [-0.1, -0.05) is 36.1 Å². The van der Waals surface area contributed by atoms with E-state index in [0.717, 1.165) is 16.7 Å². The Kier molecular flexibility index (Phi) is 3.89. The van der Waals surface area contributed by atoms with Gasteiger partial charge in [0, 0.05) is 5.56 Å². The van der Waals surface area contributed by atoms with Gasteiger partial charge in [0.15, 0.2) is 0 Å². The Morgan fingerprint density at radius 2 is 1.30 bits per heavy atom. The van der Waals surface area contributed by atoms with E-state index in [1.807, 2.05) is 36.4 Å². The maximum absolute atomic E-state index is 9.56. The molecule has 1 N–H and O–H groups in total. The van der Waals surface area contributed by atoms with Crippen LogP contribution in [0.2, 0.25) is 0 Å². The first-order valence-electron chi connectivity index (χ1n) is 6.34. The first kappa shape index (κ1) is 13.9. The van der Waals surface area contributed by atoms with E-state index in [0.29, 0.717) is 5.56 Å². The van der Waals surface area contributed by atoms with Crippen molar-refractivity contribution in [3.63, 3.8) is 0 Å². The van der Waals surface area contributed by atoms with Crippen molar-refractivity contribution in [3.05, 3.63) is 59.7 Å². The molecule has 2 aromatic rings. The molecule has 2 rings (SSSR count). The predicted octanol–water partition coefficient (Wildman–Crippen LogP) is 3.35. The van der Waals surface area contributed by atoms with Gasteiger partial charge in [-0.2, -0.15) is 5.26 Å². The van der Waals surface area contributed by atoms with Gasteiger partial charge >= 0.3 is 0 Å². The Morgan fingerprint density at radius 3 is 1.70 bits per heavy atom. The van der Waals surface area contributed by atoms with Crippen molar-refractivity contribution < 1.29 is 5.11 Å². The van der Waals surface area contributed by atoms with E-state index < -0.39 is 5.60 Å². The fourth-order valence-electron chi connectivity index (χ4n) is 1.71. The second-order valence-electron chi connectivity index (χ2n) is 5.08. The molecule has 98 valence electrons. The zero-order valence-corrected chi connectivity index (χ0v) is 11.5. The van der Waals surface area contributed by atoms with E-state index in [-0.39, 0.29) is 0 Å². The fraction of sp³-hybridized carbons (Fsp3) is 0.167. The van der Waals surface area contributed by atoms with Crippen LogP contribution in [0.4, 0.5) is 0 Å². The van der Waals surface area contributed by atoms with Crippen LogP contribution in [-0.2, 0) is 0 Å². The van der Waals surface area contributed by atoms with Gasteiger partial charge in [0.05, 0.1) is 11.6 Å². The topological polar surface area (TPSA) is 44.0 Å². The Bertz CT molecular complexity index is 687. The lowest BCUT2D eigenvalue weighted by atomic mass is 10.0. The van der Waals surface area contributed by atoms with Gasteiger partial charge in [0.2, 0.25) is 0 Å². The molecule has 0 radical (unpaired) electrons. The standard InChI is InChI=1S/C18H15NO/c1-18(2,20)12-11-14-3-7-16(8-4-14)17-9-5-15(13-19)6-10-17/h3-10,20H,1-2H3. The van der Waals surface area contributed by atoms with Crippen molar-refractivity contribution in [2.45, 2.75) is 19.4 Å². The van der Waals surface area contributed by atoms with Gasteiger partial charge in [0.25, 0.3) is 0 Å². The van der Waals surface area contributed by atoms with Crippen molar-refractivity contribution in [2.24, 2.45) is 0 Å². The number of benzene rings is 2. The fourth-order valence-corrected chi connectivity index (χ4v) is 1.71. The zero-order chi connectivity index (χ0) is 14.6. The molecule has 2 nitrogen and oxygen atoms in total. The lowest BCUT2D eigenvalue weighted by molar-refractivity contribution is 0.143. The summed E-state index contributed by atoms with van der Waals surface area (Å²) in [5, 5.41) is 18.3. The van der Waals surface area contributed by atoms with E-state index in [1.54, 1.807) is 26.0 Å². The smallest absolute Gasteiger partial charge is 0.120 e. The number of rotatable bonds is 1. The average Bonchev–Trinajstić information content (AvgIpc) is 2.45. The van der Waals surface area contributed by atoms with Gasteiger partial charge in [-0.3, -0.25) is 0 Å². The second kappa shape index (κ2) is 5.61. The van der Waals surface area contributed by atoms with Crippen molar-refractivity contribution >= 4 is 0 Å². The molecule has 0 aromatic heterocycles. The molecule has 0 fully saturated rings. The highest BCUT2D eigenvalue weighted by Crippen LogP contribution is 2.20. The number of hydrogen-bond donors (Lipinski definition) is 1. The Labute approximate surface area is 119 Å². The van der Waals surface area contributed by atoms with Crippen LogP contribution in [0.5, 0.6) is 0 Å². The molecule has 0 aliphatic heterocycles. The summed E-state index contributed by atoms with van der Waals surface area (Å²) in [6.45, 7) is 3.32. The normalized spacial score (nSPS) is 10.3. The van der Waals surface area contributed by atoms with E-state index in [2.05, 4.69) is 17.9 Å². The number of aliphatic hydroxyl groups is 1. The predicted molar refractivity (Wildman–Crippen MR) is 79.8 cm³/mol. The van der Waals surface area contributed by atoms with Crippen molar-refractivity contribution in [1.82, 2.24) is 0 Å².